The third-order valence-electron chi connectivity index (χ3n) is 3.15. The van der Waals surface area contributed by atoms with Crippen LogP contribution in [0.4, 0.5) is 0 Å². The standard InChI is InChI=1S/C12H18N2/c1-10-8-14(2)9-11(10)7-12-5-3-4-6-13-12/h3-6,10-11H,7-9H2,1-2H3. The molecule has 0 N–H and O–H groups in total. The molecule has 0 amide bonds. The first-order chi connectivity index (χ1) is 6.75. The van der Waals surface area contributed by atoms with Crippen molar-refractivity contribution >= 4 is 0 Å². The van der Waals surface area contributed by atoms with Crippen LogP contribution in [0.2, 0.25) is 0 Å². The summed E-state index contributed by atoms with van der Waals surface area (Å²) in [6, 6.07) is 6.18. The average molecular weight is 190 g/mol. The number of rotatable bonds is 2. The number of aromatic nitrogens is 1. The largest absolute Gasteiger partial charge is 0.306 e. The Bertz CT molecular complexity index is 284. The number of likely N-dealkylation sites (tertiary alicyclic amines) is 1. The maximum Gasteiger partial charge on any atom is 0.0406 e. The Labute approximate surface area is 86.0 Å². The number of pyridine rings is 1. The molecule has 0 aromatic carbocycles. The lowest BCUT2D eigenvalue weighted by Crippen LogP contribution is -2.15. The van der Waals surface area contributed by atoms with Crippen molar-refractivity contribution in [2.24, 2.45) is 11.8 Å². The van der Waals surface area contributed by atoms with Gasteiger partial charge < -0.3 is 4.90 Å². The zero-order valence-electron chi connectivity index (χ0n) is 8.98. The molecule has 0 radical (unpaired) electrons. The second kappa shape index (κ2) is 4.09. The highest BCUT2D eigenvalue weighted by atomic mass is 15.1. The molecule has 76 valence electrons. The van der Waals surface area contributed by atoms with E-state index >= 15 is 0 Å². The predicted octanol–water partition coefficient (Wildman–Crippen LogP) is 1.82. The molecule has 2 heterocycles. The topological polar surface area (TPSA) is 16.1 Å². The molecular weight excluding hydrogens is 172 g/mol. The highest BCUT2D eigenvalue weighted by Crippen LogP contribution is 2.24. The molecule has 0 saturated carbocycles. The van der Waals surface area contributed by atoms with Crippen molar-refractivity contribution in [2.45, 2.75) is 13.3 Å². The van der Waals surface area contributed by atoms with Gasteiger partial charge in [0.05, 0.1) is 0 Å². The molecule has 2 heteroatoms. The fourth-order valence-electron chi connectivity index (χ4n) is 2.35. The second-order valence-corrected chi connectivity index (χ2v) is 4.48. The Kier molecular flexibility index (Phi) is 2.82. The van der Waals surface area contributed by atoms with Gasteiger partial charge in [-0.2, -0.15) is 0 Å². The summed E-state index contributed by atoms with van der Waals surface area (Å²) in [6.07, 6.45) is 3.02. The Balaban J connectivity index is 1.98. The third-order valence-corrected chi connectivity index (χ3v) is 3.15. The van der Waals surface area contributed by atoms with E-state index in [-0.39, 0.29) is 0 Å². The first kappa shape index (κ1) is 9.66. The van der Waals surface area contributed by atoms with E-state index in [4.69, 9.17) is 0 Å². The van der Waals surface area contributed by atoms with Crippen molar-refractivity contribution in [3.63, 3.8) is 0 Å². The lowest BCUT2D eigenvalue weighted by Gasteiger charge is -2.12. The van der Waals surface area contributed by atoms with Crippen molar-refractivity contribution in [3.05, 3.63) is 30.1 Å². The zero-order chi connectivity index (χ0) is 9.97. The minimum atomic E-state index is 0.787. The molecule has 0 spiro atoms. The molecule has 2 atom stereocenters. The van der Waals surface area contributed by atoms with Gasteiger partial charge in [0.2, 0.25) is 0 Å². The zero-order valence-corrected chi connectivity index (χ0v) is 8.98. The van der Waals surface area contributed by atoms with Gasteiger partial charge in [0, 0.05) is 25.0 Å². The summed E-state index contributed by atoms with van der Waals surface area (Å²) >= 11 is 0. The van der Waals surface area contributed by atoms with Crippen LogP contribution in [0.5, 0.6) is 0 Å². The van der Waals surface area contributed by atoms with Gasteiger partial charge in [0.1, 0.15) is 0 Å². The summed E-state index contributed by atoms with van der Waals surface area (Å²) in [7, 11) is 2.20. The van der Waals surface area contributed by atoms with Crippen LogP contribution in [0.3, 0.4) is 0 Å². The maximum absolute atomic E-state index is 4.38. The fraction of sp³-hybridized carbons (Fsp3) is 0.583. The highest BCUT2D eigenvalue weighted by molar-refractivity contribution is 5.05. The molecule has 0 aliphatic carbocycles. The van der Waals surface area contributed by atoms with Crippen LogP contribution >= 0.6 is 0 Å². The normalized spacial score (nSPS) is 28.1. The summed E-state index contributed by atoms with van der Waals surface area (Å²) in [5.74, 6) is 1.59. The van der Waals surface area contributed by atoms with E-state index in [2.05, 4.69) is 36.0 Å². The molecule has 1 aliphatic rings. The van der Waals surface area contributed by atoms with Crippen molar-refractivity contribution in [1.29, 1.82) is 0 Å². The van der Waals surface area contributed by atoms with Gasteiger partial charge in [-0.25, -0.2) is 0 Å². The van der Waals surface area contributed by atoms with Gasteiger partial charge in [-0.1, -0.05) is 13.0 Å². The van der Waals surface area contributed by atoms with Gasteiger partial charge in [0.25, 0.3) is 0 Å². The molecule has 1 aliphatic heterocycles. The summed E-state index contributed by atoms with van der Waals surface area (Å²) in [4.78, 5) is 6.80. The lowest BCUT2D eigenvalue weighted by molar-refractivity contribution is 0.393. The van der Waals surface area contributed by atoms with Crippen LogP contribution in [-0.2, 0) is 6.42 Å². The first-order valence-electron chi connectivity index (χ1n) is 5.34. The van der Waals surface area contributed by atoms with Gasteiger partial charge in [0.15, 0.2) is 0 Å². The molecule has 2 rings (SSSR count). The molecule has 1 aromatic rings. The number of hydrogen-bond donors (Lipinski definition) is 0. The Hall–Kier alpha value is -0.890. The van der Waals surface area contributed by atoms with Crippen LogP contribution in [0.1, 0.15) is 12.6 Å². The number of nitrogens with zero attached hydrogens (tertiary/aromatic N) is 2. The summed E-state index contributed by atoms with van der Waals surface area (Å²) in [6.45, 7) is 4.80. The summed E-state index contributed by atoms with van der Waals surface area (Å²) in [5.41, 5.74) is 1.24. The molecule has 0 bridgehead atoms. The Morgan fingerprint density at radius 3 is 2.86 bits per heavy atom. The Morgan fingerprint density at radius 2 is 2.29 bits per heavy atom. The van der Waals surface area contributed by atoms with E-state index in [0.717, 1.165) is 18.3 Å². The third kappa shape index (κ3) is 2.13. The van der Waals surface area contributed by atoms with E-state index < -0.39 is 0 Å². The summed E-state index contributed by atoms with van der Waals surface area (Å²) < 4.78 is 0. The van der Waals surface area contributed by atoms with Gasteiger partial charge >= 0.3 is 0 Å². The average Bonchev–Trinajstić information content (AvgIpc) is 2.47. The van der Waals surface area contributed by atoms with E-state index in [1.807, 2.05) is 12.3 Å². The SMILES string of the molecule is CC1CN(C)CC1Cc1ccccn1. The van der Waals surface area contributed by atoms with Crippen molar-refractivity contribution in [2.75, 3.05) is 20.1 Å². The molecule has 1 fully saturated rings. The smallest absolute Gasteiger partial charge is 0.0406 e. The van der Waals surface area contributed by atoms with E-state index in [0.29, 0.717) is 0 Å². The quantitative estimate of drug-likeness (QED) is 0.707. The van der Waals surface area contributed by atoms with Crippen LogP contribution in [0.15, 0.2) is 24.4 Å². The number of hydrogen-bond acceptors (Lipinski definition) is 2. The predicted molar refractivity (Wildman–Crippen MR) is 58.1 cm³/mol. The lowest BCUT2D eigenvalue weighted by atomic mass is 9.93. The Morgan fingerprint density at radius 1 is 1.43 bits per heavy atom. The van der Waals surface area contributed by atoms with Crippen LogP contribution < -0.4 is 0 Å². The molecule has 2 nitrogen and oxygen atoms in total. The van der Waals surface area contributed by atoms with Gasteiger partial charge in [-0.05, 0) is 37.4 Å². The molecule has 2 unspecified atom stereocenters. The van der Waals surface area contributed by atoms with E-state index in [1.165, 1.54) is 18.8 Å². The van der Waals surface area contributed by atoms with Crippen LogP contribution in [0, 0.1) is 11.8 Å². The molecular formula is C12H18N2. The van der Waals surface area contributed by atoms with Gasteiger partial charge in [-0.15, -0.1) is 0 Å². The van der Waals surface area contributed by atoms with Crippen molar-refractivity contribution in [1.82, 2.24) is 9.88 Å². The second-order valence-electron chi connectivity index (χ2n) is 4.48. The molecule has 1 saturated heterocycles. The minimum absolute atomic E-state index is 0.787. The van der Waals surface area contributed by atoms with Crippen LogP contribution in [-0.4, -0.2) is 30.0 Å². The first-order valence-corrected chi connectivity index (χ1v) is 5.34. The molecule has 1 aromatic heterocycles. The maximum atomic E-state index is 4.38. The van der Waals surface area contributed by atoms with Crippen molar-refractivity contribution in [3.8, 4) is 0 Å². The van der Waals surface area contributed by atoms with E-state index in [1.54, 1.807) is 0 Å². The minimum Gasteiger partial charge on any atom is -0.306 e. The monoisotopic (exact) mass is 190 g/mol. The molecule has 14 heavy (non-hydrogen) atoms. The van der Waals surface area contributed by atoms with Gasteiger partial charge in [-0.3, -0.25) is 4.98 Å². The fourth-order valence-corrected chi connectivity index (χ4v) is 2.35. The highest BCUT2D eigenvalue weighted by Gasteiger charge is 2.27. The van der Waals surface area contributed by atoms with Crippen molar-refractivity contribution < 1.29 is 0 Å². The summed E-state index contributed by atoms with van der Waals surface area (Å²) in [5, 5.41) is 0. The van der Waals surface area contributed by atoms with E-state index in [9.17, 15) is 0 Å². The van der Waals surface area contributed by atoms with Crippen LogP contribution in [0.25, 0.3) is 0 Å².